The molecule has 108 valence electrons. The summed E-state index contributed by atoms with van der Waals surface area (Å²) >= 11 is 0. The van der Waals surface area contributed by atoms with Crippen LogP contribution in [0.5, 0.6) is 5.75 Å². The van der Waals surface area contributed by atoms with Gasteiger partial charge < -0.3 is 15.4 Å². The SMILES string of the molecule is CC1Oc2ccc(NC(C)c3ccncc3)cc2NC1=O. The number of amides is 1. The van der Waals surface area contributed by atoms with Crippen LogP contribution in [0.1, 0.15) is 25.5 Å². The first-order valence-electron chi connectivity index (χ1n) is 6.91. The summed E-state index contributed by atoms with van der Waals surface area (Å²) in [6.45, 7) is 3.81. The van der Waals surface area contributed by atoms with E-state index in [2.05, 4.69) is 22.5 Å². The van der Waals surface area contributed by atoms with E-state index in [-0.39, 0.29) is 11.9 Å². The van der Waals surface area contributed by atoms with Crippen LogP contribution in [0.3, 0.4) is 0 Å². The molecular weight excluding hydrogens is 266 g/mol. The number of fused-ring (bicyclic) bond motifs is 1. The predicted octanol–water partition coefficient (Wildman–Crippen LogP) is 2.97. The molecule has 21 heavy (non-hydrogen) atoms. The molecule has 0 bridgehead atoms. The van der Waals surface area contributed by atoms with Gasteiger partial charge in [-0.1, -0.05) is 0 Å². The number of nitrogens with zero attached hydrogens (tertiary/aromatic N) is 1. The van der Waals surface area contributed by atoms with Crippen molar-refractivity contribution < 1.29 is 9.53 Å². The van der Waals surface area contributed by atoms with Gasteiger partial charge in [0.05, 0.1) is 5.69 Å². The van der Waals surface area contributed by atoms with Gasteiger partial charge in [0.15, 0.2) is 6.10 Å². The minimum absolute atomic E-state index is 0.123. The summed E-state index contributed by atoms with van der Waals surface area (Å²) in [5, 5.41) is 6.25. The number of carbonyl (C=O) groups excluding carboxylic acids is 1. The number of pyridine rings is 1. The van der Waals surface area contributed by atoms with Crippen molar-refractivity contribution in [3.63, 3.8) is 0 Å². The third-order valence-corrected chi connectivity index (χ3v) is 3.50. The number of ether oxygens (including phenoxy) is 1. The van der Waals surface area contributed by atoms with E-state index in [0.717, 1.165) is 11.3 Å². The smallest absolute Gasteiger partial charge is 0.265 e. The highest BCUT2D eigenvalue weighted by Crippen LogP contribution is 2.33. The van der Waals surface area contributed by atoms with E-state index in [1.54, 1.807) is 19.3 Å². The molecule has 2 heterocycles. The highest BCUT2D eigenvalue weighted by molar-refractivity contribution is 5.98. The molecule has 1 aromatic carbocycles. The minimum Gasteiger partial charge on any atom is -0.479 e. The van der Waals surface area contributed by atoms with E-state index in [4.69, 9.17) is 4.74 Å². The first-order valence-corrected chi connectivity index (χ1v) is 6.91. The maximum atomic E-state index is 11.6. The van der Waals surface area contributed by atoms with Gasteiger partial charge in [-0.05, 0) is 49.7 Å². The van der Waals surface area contributed by atoms with Gasteiger partial charge in [-0.2, -0.15) is 0 Å². The van der Waals surface area contributed by atoms with E-state index in [9.17, 15) is 4.79 Å². The van der Waals surface area contributed by atoms with E-state index in [0.29, 0.717) is 11.4 Å². The fourth-order valence-electron chi connectivity index (χ4n) is 2.28. The number of hydrogen-bond acceptors (Lipinski definition) is 4. The average molecular weight is 283 g/mol. The van der Waals surface area contributed by atoms with Crippen molar-refractivity contribution in [2.75, 3.05) is 10.6 Å². The number of carbonyl (C=O) groups is 1. The summed E-state index contributed by atoms with van der Waals surface area (Å²) in [6, 6.07) is 9.79. The Morgan fingerprint density at radius 2 is 2.05 bits per heavy atom. The number of rotatable bonds is 3. The van der Waals surface area contributed by atoms with Crippen LogP contribution in [0.15, 0.2) is 42.7 Å². The molecule has 2 unspecified atom stereocenters. The lowest BCUT2D eigenvalue weighted by molar-refractivity contribution is -0.122. The van der Waals surface area contributed by atoms with Crippen molar-refractivity contribution >= 4 is 17.3 Å². The Hall–Kier alpha value is -2.56. The van der Waals surface area contributed by atoms with Crippen LogP contribution >= 0.6 is 0 Å². The monoisotopic (exact) mass is 283 g/mol. The number of hydrogen-bond donors (Lipinski definition) is 2. The summed E-state index contributed by atoms with van der Waals surface area (Å²) in [4.78, 5) is 15.7. The fourth-order valence-corrected chi connectivity index (χ4v) is 2.28. The number of nitrogens with one attached hydrogen (secondary N) is 2. The second-order valence-corrected chi connectivity index (χ2v) is 5.11. The fraction of sp³-hybridized carbons (Fsp3) is 0.250. The molecule has 0 aliphatic carbocycles. The van der Waals surface area contributed by atoms with Crippen LogP contribution in [0, 0.1) is 0 Å². The zero-order valence-corrected chi connectivity index (χ0v) is 12.0. The molecule has 0 spiro atoms. The molecule has 1 aliphatic rings. The van der Waals surface area contributed by atoms with Crippen LogP contribution in [0.2, 0.25) is 0 Å². The van der Waals surface area contributed by atoms with Crippen molar-refractivity contribution in [3.05, 3.63) is 48.3 Å². The lowest BCUT2D eigenvalue weighted by Crippen LogP contribution is -2.34. The zero-order valence-electron chi connectivity index (χ0n) is 12.0. The first-order chi connectivity index (χ1) is 10.1. The topological polar surface area (TPSA) is 63.2 Å². The highest BCUT2D eigenvalue weighted by Gasteiger charge is 2.23. The van der Waals surface area contributed by atoms with Gasteiger partial charge in [-0.15, -0.1) is 0 Å². The first kappa shape index (κ1) is 13.4. The van der Waals surface area contributed by atoms with E-state index in [1.807, 2.05) is 30.3 Å². The van der Waals surface area contributed by atoms with Crippen LogP contribution in [-0.4, -0.2) is 17.0 Å². The molecule has 0 saturated heterocycles. The van der Waals surface area contributed by atoms with E-state index < -0.39 is 6.10 Å². The van der Waals surface area contributed by atoms with Gasteiger partial charge in [-0.3, -0.25) is 9.78 Å². The Morgan fingerprint density at radius 1 is 1.29 bits per heavy atom. The van der Waals surface area contributed by atoms with Crippen LogP contribution in [-0.2, 0) is 4.79 Å². The lowest BCUT2D eigenvalue weighted by atomic mass is 10.1. The molecule has 3 rings (SSSR count). The number of benzene rings is 1. The summed E-state index contributed by atoms with van der Waals surface area (Å²) < 4.78 is 5.54. The van der Waals surface area contributed by atoms with Gasteiger partial charge in [0, 0.05) is 24.1 Å². The van der Waals surface area contributed by atoms with Crippen molar-refractivity contribution in [2.24, 2.45) is 0 Å². The zero-order chi connectivity index (χ0) is 14.8. The van der Waals surface area contributed by atoms with Gasteiger partial charge in [0.25, 0.3) is 5.91 Å². The molecule has 0 saturated carbocycles. The maximum Gasteiger partial charge on any atom is 0.265 e. The Kier molecular flexibility index (Phi) is 3.48. The van der Waals surface area contributed by atoms with E-state index in [1.165, 1.54) is 0 Å². The Morgan fingerprint density at radius 3 is 2.81 bits per heavy atom. The standard InChI is InChI=1S/C16H17N3O2/c1-10(12-5-7-17-8-6-12)18-13-3-4-15-14(9-13)19-16(20)11(2)21-15/h3-11,18H,1-2H3,(H,19,20). The lowest BCUT2D eigenvalue weighted by Gasteiger charge is -2.24. The van der Waals surface area contributed by atoms with Gasteiger partial charge in [-0.25, -0.2) is 0 Å². The van der Waals surface area contributed by atoms with Crippen molar-refractivity contribution in [2.45, 2.75) is 26.0 Å². The second-order valence-electron chi connectivity index (χ2n) is 5.11. The predicted molar refractivity (Wildman–Crippen MR) is 81.4 cm³/mol. The van der Waals surface area contributed by atoms with Crippen molar-refractivity contribution in [1.82, 2.24) is 4.98 Å². The van der Waals surface area contributed by atoms with Gasteiger partial charge in [0.1, 0.15) is 5.75 Å². The molecule has 5 nitrogen and oxygen atoms in total. The largest absolute Gasteiger partial charge is 0.479 e. The summed E-state index contributed by atoms with van der Waals surface area (Å²) in [5.41, 5.74) is 2.78. The molecule has 5 heteroatoms. The summed E-state index contributed by atoms with van der Waals surface area (Å²) in [5.74, 6) is 0.575. The average Bonchev–Trinajstić information content (AvgIpc) is 2.49. The quantitative estimate of drug-likeness (QED) is 0.909. The number of anilines is 2. The second kappa shape index (κ2) is 5.44. The molecule has 2 N–H and O–H groups in total. The molecule has 0 radical (unpaired) electrons. The van der Waals surface area contributed by atoms with Crippen molar-refractivity contribution in [3.8, 4) is 5.75 Å². The van der Waals surface area contributed by atoms with E-state index >= 15 is 0 Å². The highest BCUT2D eigenvalue weighted by atomic mass is 16.5. The summed E-state index contributed by atoms with van der Waals surface area (Å²) in [6.07, 6.45) is 3.10. The molecule has 1 aliphatic heterocycles. The Bertz CT molecular complexity index is 658. The molecule has 2 atom stereocenters. The molecule has 2 aromatic rings. The normalized spacial score (nSPS) is 18.2. The van der Waals surface area contributed by atoms with Crippen LogP contribution in [0.25, 0.3) is 0 Å². The third-order valence-electron chi connectivity index (χ3n) is 3.50. The molecule has 1 amide bonds. The molecule has 0 fully saturated rings. The third kappa shape index (κ3) is 2.81. The molecule has 1 aromatic heterocycles. The molecular formula is C16H17N3O2. The minimum atomic E-state index is -0.452. The number of aromatic nitrogens is 1. The van der Waals surface area contributed by atoms with Crippen molar-refractivity contribution in [1.29, 1.82) is 0 Å². The van der Waals surface area contributed by atoms with Gasteiger partial charge in [0.2, 0.25) is 0 Å². The Balaban J connectivity index is 1.78. The van der Waals surface area contributed by atoms with Gasteiger partial charge >= 0.3 is 0 Å². The maximum absolute atomic E-state index is 11.6. The Labute approximate surface area is 123 Å². The van der Waals surface area contributed by atoms with Crippen LogP contribution < -0.4 is 15.4 Å². The van der Waals surface area contributed by atoms with Crippen LogP contribution in [0.4, 0.5) is 11.4 Å². The summed E-state index contributed by atoms with van der Waals surface area (Å²) in [7, 11) is 0.